The van der Waals surface area contributed by atoms with E-state index in [0.29, 0.717) is 17.1 Å². The summed E-state index contributed by atoms with van der Waals surface area (Å²) in [6, 6.07) is -0.663. The van der Waals surface area contributed by atoms with E-state index >= 15 is 0 Å². The molecule has 0 bridgehead atoms. The molecule has 0 fully saturated rings. The molecule has 0 saturated heterocycles. The lowest BCUT2D eigenvalue weighted by Gasteiger charge is -2.07. The summed E-state index contributed by atoms with van der Waals surface area (Å²) < 4.78 is 6.77. The van der Waals surface area contributed by atoms with Crippen LogP contribution in [0.15, 0.2) is 4.99 Å². The maximum atomic E-state index is 11.6. The van der Waals surface area contributed by atoms with Crippen LogP contribution in [0.1, 0.15) is 17.3 Å². The molecule has 0 aliphatic carbocycles. The van der Waals surface area contributed by atoms with Gasteiger partial charge in [0.25, 0.3) is 5.91 Å². The summed E-state index contributed by atoms with van der Waals surface area (Å²) in [5, 5.41) is 6.64. The van der Waals surface area contributed by atoms with Crippen LogP contribution < -0.4 is 15.8 Å². The molecule has 7 nitrogen and oxygen atoms in total. The van der Waals surface area contributed by atoms with E-state index < -0.39 is 6.04 Å². The van der Waals surface area contributed by atoms with Crippen molar-refractivity contribution in [2.24, 2.45) is 17.8 Å². The van der Waals surface area contributed by atoms with Gasteiger partial charge >= 0.3 is 0 Å². The molecule has 1 aromatic heterocycles. The molecule has 0 saturated carbocycles. The zero-order valence-corrected chi connectivity index (χ0v) is 9.31. The zero-order chi connectivity index (χ0) is 11.9. The molecule has 3 N–H and O–H groups in total. The number of carbonyl (C=O) groups is 1. The van der Waals surface area contributed by atoms with Crippen LogP contribution in [0.2, 0.25) is 0 Å². The Kier molecular flexibility index (Phi) is 2.30. The molecule has 0 aromatic carbocycles. The molecule has 2 heterocycles. The van der Waals surface area contributed by atoms with Gasteiger partial charge in [-0.05, 0) is 6.92 Å². The van der Waals surface area contributed by atoms with Crippen molar-refractivity contribution in [2.45, 2.75) is 13.0 Å². The number of nitrogens with zero attached hydrogens (tertiary/aromatic N) is 3. The largest absolute Gasteiger partial charge is 0.481 e. The summed E-state index contributed by atoms with van der Waals surface area (Å²) >= 11 is 0. The minimum absolute atomic E-state index is 0.125. The molecule has 1 aliphatic heterocycles. The molecule has 1 amide bonds. The van der Waals surface area contributed by atoms with E-state index in [4.69, 9.17) is 10.5 Å². The Morgan fingerprint density at radius 1 is 1.56 bits per heavy atom. The molecule has 16 heavy (non-hydrogen) atoms. The fourth-order valence-corrected chi connectivity index (χ4v) is 1.83. The number of carbonyl (C=O) groups excluding carboxylic acids is 1. The predicted octanol–water partition coefficient (Wildman–Crippen LogP) is -0.777. The lowest BCUT2D eigenvalue weighted by molar-refractivity contribution is -0.120. The Hall–Kier alpha value is -2.05. The first-order chi connectivity index (χ1) is 7.54. The Balaban J connectivity index is 2.51. The smallest absolute Gasteiger partial charge is 0.256 e. The lowest BCUT2D eigenvalue weighted by Crippen LogP contribution is -2.31. The van der Waals surface area contributed by atoms with Gasteiger partial charge in [0.15, 0.2) is 12.0 Å². The number of aliphatic imine (C=N–C) groups is 1. The van der Waals surface area contributed by atoms with Crippen LogP contribution in [-0.4, -0.2) is 28.8 Å². The van der Waals surface area contributed by atoms with Crippen LogP contribution in [0.5, 0.6) is 5.88 Å². The maximum absolute atomic E-state index is 11.6. The zero-order valence-electron chi connectivity index (χ0n) is 9.31. The van der Waals surface area contributed by atoms with Crippen LogP contribution in [0.4, 0.5) is 0 Å². The number of guanidine groups is 1. The lowest BCUT2D eigenvalue weighted by atomic mass is 10.1. The number of rotatable bonds is 2. The Morgan fingerprint density at radius 2 is 2.25 bits per heavy atom. The fourth-order valence-electron chi connectivity index (χ4n) is 1.83. The second-order valence-corrected chi connectivity index (χ2v) is 3.54. The Labute approximate surface area is 92.3 Å². The van der Waals surface area contributed by atoms with Gasteiger partial charge in [0.05, 0.1) is 18.4 Å². The molecule has 2 rings (SSSR count). The van der Waals surface area contributed by atoms with Gasteiger partial charge in [0, 0.05) is 7.05 Å². The normalized spacial score (nSPS) is 19.6. The molecule has 1 aliphatic rings. The number of aromatic nitrogens is 2. The predicted molar refractivity (Wildman–Crippen MR) is 57.0 cm³/mol. The van der Waals surface area contributed by atoms with E-state index in [0.717, 1.165) is 0 Å². The van der Waals surface area contributed by atoms with Gasteiger partial charge < -0.3 is 10.5 Å². The highest BCUT2D eigenvalue weighted by molar-refractivity contribution is 6.04. The Bertz CT molecular complexity index is 476. The topological polar surface area (TPSA) is 94.5 Å². The fraction of sp³-hybridized carbons (Fsp3) is 0.444. The molecule has 1 aromatic rings. The first-order valence-electron chi connectivity index (χ1n) is 4.76. The van der Waals surface area contributed by atoms with Crippen molar-refractivity contribution in [1.82, 2.24) is 15.1 Å². The molecular weight excluding hydrogens is 210 g/mol. The summed E-state index contributed by atoms with van der Waals surface area (Å²) in [4.78, 5) is 15.6. The molecule has 0 spiro atoms. The first-order valence-corrected chi connectivity index (χ1v) is 4.76. The van der Waals surface area contributed by atoms with Crippen LogP contribution in [-0.2, 0) is 11.8 Å². The van der Waals surface area contributed by atoms with Crippen LogP contribution in [0.25, 0.3) is 0 Å². The molecule has 7 heteroatoms. The number of hydrogen-bond acceptors (Lipinski definition) is 5. The van der Waals surface area contributed by atoms with E-state index in [2.05, 4.69) is 15.4 Å². The van der Waals surface area contributed by atoms with Gasteiger partial charge in [-0.2, -0.15) is 5.10 Å². The van der Waals surface area contributed by atoms with Gasteiger partial charge in [-0.1, -0.05) is 0 Å². The highest BCUT2D eigenvalue weighted by Gasteiger charge is 2.33. The number of ether oxygens (including phenoxy) is 1. The average Bonchev–Trinajstić information content (AvgIpc) is 2.66. The van der Waals surface area contributed by atoms with E-state index in [9.17, 15) is 4.79 Å². The van der Waals surface area contributed by atoms with Gasteiger partial charge in [-0.25, -0.2) is 9.67 Å². The van der Waals surface area contributed by atoms with Crippen molar-refractivity contribution < 1.29 is 9.53 Å². The SMILES string of the molecule is COc1c(C2N=C(N)NC2=O)c(C)nn1C. The monoisotopic (exact) mass is 223 g/mol. The van der Waals surface area contributed by atoms with Crippen molar-refractivity contribution in [3.05, 3.63) is 11.3 Å². The third-order valence-corrected chi connectivity index (χ3v) is 2.45. The number of amides is 1. The van der Waals surface area contributed by atoms with E-state index in [1.54, 1.807) is 18.7 Å². The molecule has 1 unspecified atom stereocenters. The third-order valence-electron chi connectivity index (χ3n) is 2.45. The van der Waals surface area contributed by atoms with Gasteiger partial charge in [0.2, 0.25) is 5.88 Å². The number of hydrogen-bond donors (Lipinski definition) is 2. The van der Waals surface area contributed by atoms with E-state index in [1.807, 2.05) is 0 Å². The summed E-state index contributed by atoms with van der Waals surface area (Å²) in [6.07, 6.45) is 0. The summed E-state index contributed by atoms with van der Waals surface area (Å²) in [5.74, 6) is 0.392. The molecule has 1 atom stereocenters. The minimum atomic E-state index is -0.663. The van der Waals surface area contributed by atoms with Crippen LogP contribution >= 0.6 is 0 Å². The van der Waals surface area contributed by atoms with Crippen molar-refractivity contribution in [3.63, 3.8) is 0 Å². The average molecular weight is 223 g/mol. The second-order valence-electron chi connectivity index (χ2n) is 3.54. The van der Waals surface area contributed by atoms with E-state index in [1.165, 1.54) is 7.11 Å². The third kappa shape index (κ3) is 1.40. The number of nitrogens with two attached hydrogens (primary N) is 1. The highest BCUT2D eigenvalue weighted by atomic mass is 16.5. The van der Waals surface area contributed by atoms with Crippen LogP contribution in [0.3, 0.4) is 0 Å². The van der Waals surface area contributed by atoms with Crippen LogP contribution in [0, 0.1) is 6.92 Å². The van der Waals surface area contributed by atoms with Crippen molar-refractivity contribution in [3.8, 4) is 5.88 Å². The van der Waals surface area contributed by atoms with Crippen molar-refractivity contribution in [1.29, 1.82) is 0 Å². The Morgan fingerprint density at radius 3 is 2.75 bits per heavy atom. The number of nitrogens with one attached hydrogen (secondary N) is 1. The highest BCUT2D eigenvalue weighted by Crippen LogP contribution is 2.31. The second kappa shape index (κ2) is 3.51. The maximum Gasteiger partial charge on any atom is 0.256 e. The summed E-state index contributed by atoms with van der Waals surface area (Å²) in [6.45, 7) is 1.80. The van der Waals surface area contributed by atoms with Crippen molar-refractivity contribution >= 4 is 11.9 Å². The van der Waals surface area contributed by atoms with E-state index in [-0.39, 0.29) is 11.9 Å². The van der Waals surface area contributed by atoms with Gasteiger partial charge in [-0.15, -0.1) is 0 Å². The quantitative estimate of drug-likeness (QED) is 0.687. The standard InChI is InChI=1S/C9H13N5O2/c1-4-5(8(16-3)14(2)13-4)6-7(15)12-9(10)11-6/h6H,1-3H3,(H3,10,11,12,15). The first kappa shape index (κ1) is 10.5. The summed E-state index contributed by atoms with van der Waals surface area (Å²) in [7, 11) is 3.27. The molecule has 86 valence electrons. The van der Waals surface area contributed by atoms with Crippen molar-refractivity contribution in [2.75, 3.05) is 7.11 Å². The number of aryl methyl sites for hydroxylation is 2. The molecule has 0 radical (unpaired) electrons. The minimum Gasteiger partial charge on any atom is -0.481 e. The summed E-state index contributed by atoms with van der Waals surface area (Å²) in [5.41, 5.74) is 6.81. The number of methoxy groups -OCH3 is 1. The van der Waals surface area contributed by atoms with Gasteiger partial charge in [-0.3, -0.25) is 10.1 Å². The molecular formula is C9H13N5O2. The van der Waals surface area contributed by atoms with Gasteiger partial charge in [0.1, 0.15) is 0 Å².